The molecule has 0 fully saturated rings. The fraction of sp³-hybridized carbons (Fsp3) is 0.316. The van der Waals surface area contributed by atoms with E-state index in [-0.39, 0.29) is 18.0 Å². The number of hydrogen-bond acceptors (Lipinski definition) is 4. The number of nitrogens with one attached hydrogen (secondary N) is 1. The Hall–Kier alpha value is -1.64. The molecule has 0 aliphatic heterocycles. The summed E-state index contributed by atoms with van der Waals surface area (Å²) in [6, 6.07) is 12.8. The van der Waals surface area contributed by atoms with Crippen molar-refractivity contribution in [3.63, 3.8) is 0 Å². The first kappa shape index (κ1) is 22.6. The van der Waals surface area contributed by atoms with Crippen LogP contribution in [-0.4, -0.2) is 45.4 Å². The van der Waals surface area contributed by atoms with Crippen LogP contribution in [0.5, 0.6) is 0 Å². The van der Waals surface area contributed by atoms with Crippen molar-refractivity contribution >= 4 is 39.1 Å². The highest BCUT2D eigenvalue weighted by Crippen LogP contribution is 2.25. The van der Waals surface area contributed by atoms with Gasteiger partial charge in [0.1, 0.15) is 0 Å². The van der Waals surface area contributed by atoms with E-state index < -0.39 is 15.9 Å². The van der Waals surface area contributed by atoms with Crippen molar-refractivity contribution in [1.82, 2.24) is 9.62 Å². The van der Waals surface area contributed by atoms with Crippen molar-refractivity contribution in [1.29, 1.82) is 0 Å². The highest BCUT2D eigenvalue weighted by atomic mass is 35.5. The molecule has 0 aliphatic rings. The first-order valence-corrected chi connectivity index (χ1v) is 10.8. The number of benzene rings is 2. The molecule has 152 valence electrons. The summed E-state index contributed by atoms with van der Waals surface area (Å²) < 4.78 is 32.2. The molecule has 1 amide bonds. The number of methoxy groups -OCH3 is 1. The lowest BCUT2D eigenvalue weighted by atomic mass is 10.2. The lowest BCUT2D eigenvalue weighted by Gasteiger charge is -2.22. The van der Waals surface area contributed by atoms with Gasteiger partial charge in [-0.1, -0.05) is 47.5 Å². The molecular weight excluding hydrogens is 423 g/mol. The summed E-state index contributed by atoms with van der Waals surface area (Å²) in [6.45, 7) is 0.582. The molecule has 2 aromatic rings. The number of carbonyl (C=O) groups is 1. The largest absolute Gasteiger partial charge is 0.385 e. The summed E-state index contributed by atoms with van der Waals surface area (Å²) in [5, 5.41) is 3.40. The molecule has 0 heterocycles. The van der Waals surface area contributed by atoms with Crippen LogP contribution in [-0.2, 0) is 26.1 Å². The van der Waals surface area contributed by atoms with Gasteiger partial charge in [0.15, 0.2) is 0 Å². The molecule has 0 saturated carbocycles. The van der Waals surface area contributed by atoms with Crippen molar-refractivity contribution in [3.8, 4) is 0 Å². The minimum absolute atomic E-state index is 0.0143. The molecule has 0 spiro atoms. The number of rotatable bonds is 10. The second-order valence-electron chi connectivity index (χ2n) is 6.03. The van der Waals surface area contributed by atoms with Gasteiger partial charge in [0.2, 0.25) is 15.9 Å². The smallest absolute Gasteiger partial charge is 0.243 e. The second kappa shape index (κ2) is 10.8. The molecule has 6 nitrogen and oxygen atoms in total. The Morgan fingerprint density at radius 2 is 1.82 bits per heavy atom. The van der Waals surface area contributed by atoms with E-state index in [0.717, 1.165) is 4.31 Å². The number of nitrogens with zero attached hydrogens (tertiary/aromatic N) is 1. The zero-order valence-corrected chi connectivity index (χ0v) is 17.7. The van der Waals surface area contributed by atoms with Crippen LogP contribution in [0.25, 0.3) is 0 Å². The Bertz CT molecular complexity index is 892. The molecule has 0 radical (unpaired) electrons. The minimum atomic E-state index is -3.88. The lowest BCUT2D eigenvalue weighted by Crippen LogP contribution is -2.40. The van der Waals surface area contributed by atoms with Crippen LogP contribution in [0.15, 0.2) is 53.4 Å². The summed E-state index contributed by atoms with van der Waals surface area (Å²) in [5.74, 6) is -0.393. The highest BCUT2D eigenvalue weighted by Gasteiger charge is 2.26. The fourth-order valence-corrected chi connectivity index (χ4v) is 4.20. The minimum Gasteiger partial charge on any atom is -0.385 e. The van der Waals surface area contributed by atoms with Crippen LogP contribution in [0.4, 0.5) is 0 Å². The standard InChI is InChI=1S/C19H22Cl2N2O4S/c1-27-11-5-10-22-19(24)14-23(13-15-8-9-17(20)18(21)12-15)28(25,26)16-6-3-2-4-7-16/h2-4,6-9,12H,5,10-11,13-14H2,1H3,(H,22,24). The van der Waals surface area contributed by atoms with Crippen molar-refractivity contribution < 1.29 is 17.9 Å². The Labute approximate surface area is 175 Å². The average Bonchev–Trinajstić information content (AvgIpc) is 2.68. The van der Waals surface area contributed by atoms with Gasteiger partial charge in [0, 0.05) is 26.8 Å². The van der Waals surface area contributed by atoms with E-state index in [4.69, 9.17) is 27.9 Å². The molecular formula is C19H22Cl2N2O4S. The maximum Gasteiger partial charge on any atom is 0.243 e. The van der Waals surface area contributed by atoms with Crippen LogP contribution in [0.2, 0.25) is 10.0 Å². The lowest BCUT2D eigenvalue weighted by molar-refractivity contribution is -0.121. The van der Waals surface area contributed by atoms with E-state index in [1.54, 1.807) is 43.5 Å². The average molecular weight is 445 g/mol. The second-order valence-corrected chi connectivity index (χ2v) is 8.78. The Kier molecular flexibility index (Phi) is 8.72. The topological polar surface area (TPSA) is 75.7 Å². The van der Waals surface area contributed by atoms with Crippen LogP contribution < -0.4 is 5.32 Å². The van der Waals surface area contributed by atoms with Gasteiger partial charge >= 0.3 is 0 Å². The van der Waals surface area contributed by atoms with Crippen molar-refractivity contribution in [2.75, 3.05) is 26.8 Å². The van der Waals surface area contributed by atoms with E-state index in [1.807, 2.05) is 0 Å². The maximum atomic E-state index is 13.1. The molecule has 28 heavy (non-hydrogen) atoms. The normalized spacial score (nSPS) is 11.6. The van der Waals surface area contributed by atoms with Gasteiger partial charge in [-0.3, -0.25) is 4.79 Å². The van der Waals surface area contributed by atoms with Gasteiger partial charge in [-0.25, -0.2) is 8.42 Å². The van der Waals surface area contributed by atoms with E-state index in [9.17, 15) is 13.2 Å². The molecule has 9 heteroatoms. The quantitative estimate of drug-likeness (QED) is 0.570. The third kappa shape index (κ3) is 6.46. The number of amides is 1. The third-order valence-corrected chi connectivity index (χ3v) is 6.44. The molecule has 0 aliphatic carbocycles. The highest BCUT2D eigenvalue weighted by molar-refractivity contribution is 7.89. The maximum absolute atomic E-state index is 13.1. The third-order valence-electron chi connectivity index (χ3n) is 3.89. The molecule has 0 bridgehead atoms. The van der Waals surface area contributed by atoms with Crippen molar-refractivity contribution in [2.24, 2.45) is 0 Å². The predicted octanol–water partition coefficient (Wildman–Crippen LogP) is 3.34. The van der Waals surface area contributed by atoms with Gasteiger partial charge in [-0.15, -0.1) is 0 Å². The first-order chi connectivity index (χ1) is 13.3. The van der Waals surface area contributed by atoms with Crippen LogP contribution in [0.1, 0.15) is 12.0 Å². The van der Waals surface area contributed by atoms with Crippen LogP contribution in [0, 0.1) is 0 Å². The summed E-state index contributed by atoms with van der Waals surface area (Å²) in [7, 11) is -2.30. The predicted molar refractivity (Wildman–Crippen MR) is 110 cm³/mol. The van der Waals surface area contributed by atoms with Gasteiger partial charge in [0.05, 0.1) is 21.5 Å². The number of ether oxygens (including phenoxy) is 1. The van der Waals surface area contributed by atoms with E-state index >= 15 is 0 Å². The number of sulfonamides is 1. The molecule has 0 unspecified atom stereocenters. The molecule has 0 saturated heterocycles. The molecule has 2 rings (SSSR count). The zero-order valence-electron chi connectivity index (χ0n) is 15.4. The molecule has 2 aromatic carbocycles. The van der Waals surface area contributed by atoms with Crippen LogP contribution in [0.3, 0.4) is 0 Å². The van der Waals surface area contributed by atoms with E-state index in [2.05, 4.69) is 5.32 Å². The van der Waals surface area contributed by atoms with E-state index in [1.165, 1.54) is 12.1 Å². The Balaban J connectivity index is 2.22. The summed E-state index contributed by atoms with van der Waals surface area (Å²) in [4.78, 5) is 12.4. The number of carbonyl (C=O) groups excluding carboxylic acids is 1. The van der Waals surface area contributed by atoms with Gasteiger partial charge in [-0.2, -0.15) is 4.31 Å². The van der Waals surface area contributed by atoms with Crippen LogP contribution >= 0.6 is 23.2 Å². The Morgan fingerprint density at radius 3 is 2.46 bits per heavy atom. The fourth-order valence-electron chi connectivity index (χ4n) is 2.47. The van der Waals surface area contributed by atoms with Crippen molar-refractivity contribution in [3.05, 3.63) is 64.1 Å². The summed E-state index contributed by atoms with van der Waals surface area (Å²) in [6.07, 6.45) is 0.639. The van der Waals surface area contributed by atoms with Gasteiger partial charge < -0.3 is 10.1 Å². The molecule has 1 N–H and O–H groups in total. The monoisotopic (exact) mass is 444 g/mol. The molecule has 0 aromatic heterocycles. The first-order valence-electron chi connectivity index (χ1n) is 8.59. The number of halogens is 2. The van der Waals surface area contributed by atoms with E-state index in [0.29, 0.717) is 35.2 Å². The van der Waals surface area contributed by atoms with Crippen molar-refractivity contribution in [2.45, 2.75) is 17.9 Å². The Morgan fingerprint density at radius 1 is 1.11 bits per heavy atom. The van der Waals surface area contributed by atoms with Gasteiger partial charge in [0.25, 0.3) is 0 Å². The zero-order chi connectivity index (χ0) is 20.6. The molecule has 0 atom stereocenters. The summed E-state index contributed by atoms with van der Waals surface area (Å²) >= 11 is 12.0. The van der Waals surface area contributed by atoms with Gasteiger partial charge in [-0.05, 0) is 36.2 Å². The number of hydrogen-bond donors (Lipinski definition) is 1. The SMILES string of the molecule is COCCCNC(=O)CN(Cc1ccc(Cl)c(Cl)c1)S(=O)(=O)c1ccccc1. The summed E-state index contributed by atoms with van der Waals surface area (Å²) in [5.41, 5.74) is 0.626.